The summed E-state index contributed by atoms with van der Waals surface area (Å²) >= 11 is 0. The van der Waals surface area contributed by atoms with E-state index in [1.807, 2.05) is 0 Å². The van der Waals surface area contributed by atoms with Crippen molar-refractivity contribution in [2.45, 2.75) is 26.2 Å². The fraction of sp³-hybridized carbons (Fsp3) is 0.909. The van der Waals surface area contributed by atoms with Gasteiger partial charge in [-0.15, -0.1) is 0 Å². The summed E-state index contributed by atoms with van der Waals surface area (Å²) < 4.78 is 5.40. The summed E-state index contributed by atoms with van der Waals surface area (Å²) in [4.78, 5) is 13.0. The van der Waals surface area contributed by atoms with Crippen LogP contribution in [0.4, 0.5) is 0 Å². The van der Waals surface area contributed by atoms with Crippen molar-refractivity contribution in [3.8, 4) is 0 Å². The molecule has 1 heterocycles. The summed E-state index contributed by atoms with van der Waals surface area (Å²) in [6.45, 7) is 6.42. The molecule has 0 aromatic heterocycles. The summed E-state index contributed by atoms with van der Waals surface area (Å²) in [6.07, 6.45) is 2.62. The first-order valence-electron chi connectivity index (χ1n) is 5.77. The highest BCUT2D eigenvalue weighted by atomic mass is 16.5. The minimum absolute atomic E-state index is 0.127. The van der Waals surface area contributed by atoms with E-state index in [4.69, 9.17) is 9.84 Å². The first kappa shape index (κ1) is 12.5. The van der Waals surface area contributed by atoms with Crippen LogP contribution >= 0.6 is 0 Å². The van der Waals surface area contributed by atoms with E-state index in [0.717, 1.165) is 52.1 Å². The van der Waals surface area contributed by atoms with Crippen molar-refractivity contribution in [3.05, 3.63) is 0 Å². The predicted octanol–water partition coefficient (Wildman–Crippen LogP) is 1.21. The van der Waals surface area contributed by atoms with Gasteiger partial charge in [0.05, 0.1) is 12.5 Å². The van der Waals surface area contributed by atoms with Gasteiger partial charge in [-0.2, -0.15) is 0 Å². The van der Waals surface area contributed by atoms with Gasteiger partial charge >= 0.3 is 5.97 Å². The molecule has 0 amide bonds. The molecule has 0 saturated carbocycles. The Hall–Kier alpha value is -0.610. The summed E-state index contributed by atoms with van der Waals surface area (Å²) in [6, 6.07) is 0. The molecule has 88 valence electrons. The second-order valence-corrected chi connectivity index (χ2v) is 4.07. The van der Waals surface area contributed by atoms with E-state index in [2.05, 4.69) is 11.8 Å². The zero-order valence-corrected chi connectivity index (χ0v) is 9.45. The number of rotatable bonds is 6. The third-order valence-electron chi connectivity index (χ3n) is 2.84. The number of hydrogen-bond acceptors (Lipinski definition) is 3. The molecule has 1 fully saturated rings. The van der Waals surface area contributed by atoms with Crippen molar-refractivity contribution in [1.82, 2.24) is 4.90 Å². The highest BCUT2D eigenvalue weighted by Crippen LogP contribution is 2.16. The summed E-state index contributed by atoms with van der Waals surface area (Å²) in [7, 11) is 0. The molecule has 1 saturated heterocycles. The van der Waals surface area contributed by atoms with Gasteiger partial charge in [0.15, 0.2) is 0 Å². The smallest absolute Gasteiger partial charge is 0.306 e. The highest BCUT2D eigenvalue weighted by molar-refractivity contribution is 5.70. The van der Waals surface area contributed by atoms with Crippen molar-refractivity contribution in [3.63, 3.8) is 0 Å². The molecular formula is C11H21NO3. The maximum absolute atomic E-state index is 10.7. The van der Waals surface area contributed by atoms with E-state index < -0.39 is 5.97 Å². The van der Waals surface area contributed by atoms with Crippen LogP contribution in [0, 0.1) is 5.92 Å². The molecule has 15 heavy (non-hydrogen) atoms. The summed E-state index contributed by atoms with van der Waals surface area (Å²) in [5.41, 5.74) is 0. The quantitative estimate of drug-likeness (QED) is 0.677. The van der Waals surface area contributed by atoms with Crippen molar-refractivity contribution >= 4 is 5.97 Å². The third-order valence-corrected chi connectivity index (χ3v) is 2.84. The average Bonchev–Trinajstić information content (AvgIpc) is 2.25. The van der Waals surface area contributed by atoms with Gasteiger partial charge in [0.2, 0.25) is 0 Å². The number of carboxylic acid groups (broad SMARTS) is 1. The van der Waals surface area contributed by atoms with Gasteiger partial charge in [0.25, 0.3) is 0 Å². The molecule has 1 aliphatic rings. The lowest BCUT2D eigenvalue weighted by Crippen LogP contribution is -2.38. The monoisotopic (exact) mass is 215 g/mol. The number of carboxylic acids is 1. The standard InChI is InChI=1S/C11H21NO3/c1-2-8-15-9-7-12-5-3-10(4-6-12)11(13)14/h10H,2-9H2,1H3,(H,13,14). The molecule has 1 rings (SSSR count). The number of likely N-dealkylation sites (tertiary alicyclic amines) is 1. The van der Waals surface area contributed by atoms with Crippen molar-refractivity contribution in [2.75, 3.05) is 32.8 Å². The van der Waals surface area contributed by atoms with E-state index in [-0.39, 0.29) is 5.92 Å². The lowest BCUT2D eigenvalue weighted by atomic mass is 9.97. The van der Waals surface area contributed by atoms with E-state index in [0.29, 0.717) is 0 Å². The topological polar surface area (TPSA) is 49.8 Å². The van der Waals surface area contributed by atoms with E-state index in [1.54, 1.807) is 0 Å². The fourth-order valence-corrected chi connectivity index (χ4v) is 1.84. The fourth-order valence-electron chi connectivity index (χ4n) is 1.84. The Morgan fingerprint density at radius 1 is 1.40 bits per heavy atom. The van der Waals surface area contributed by atoms with E-state index in [9.17, 15) is 4.79 Å². The van der Waals surface area contributed by atoms with Crippen LogP contribution in [0.2, 0.25) is 0 Å². The van der Waals surface area contributed by atoms with Gasteiger partial charge in [-0.3, -0.25) is 4.79 Å². The highest BCUT2D eigenvalue weighted by Gasteiger charge is 2.23. The average molecular weight is 215 g/mol. The second-order valence-electron chi connectivity index (χ2n) is 4.07. The first-order chi connectivity index (χ1) is 7.24. The lowest BCUT2D eigenvalue weighted by Gasteiger charge is -2.29. The Kier molecular flexibility index (Phi) is 5.65. The minimum atomic E-state index is -0.642. The molecule has 0 bridgehead atoms. The molecule has 1 N–H and O–H groups in total. The molecule has 1 aliphatic heterocycles. The molecule has 0 aliphatic carbocycles. The van der Waals surface area contributed by atoms with Gasteiger partial charge < -0.3 is 14.7 Å². The molecule has 0 unspecified atom stereocenters. The van der Waals surface area contributed by atoms with Gasteiger partial charge in [-0.05, 0) is 32.4 Å². The van der Waals surface area contributed by atoms with Crippen LogP contribution < -0.4 is 0 Å². The Bertz CT molecular complexity index is 188. The molecule has 0 radical (unpaired) electrons. The van der Waals surface area contributed by atoms with E-state index >= 15 is 0 Å². The zero-order valence-electron chi connectivity index (χ0n) is 9.45. The zero-order chi connectivity index (χ0) is 11.1. The summed E-state index contributed by atoms with van der Waals surface area (Å²) in [5, 5.41) is 8.83. The van der Waals surface area contributed by atoms with Crippen molar-refractivity contribution in [1.29, 1.82) is 0 Å². The third kappa shape index (κ3) is 4.62. The molecule has 0 aromatic carbocycles. The maximum atomic E-state index is 10.7. The number of aliphatic carboxylic acids is 1. The normalized spacial score (nSPS) is 19.3. The number of nitrogens with zero attached hydrogens (tertiary/aromatic N) is 1. The number of piperidine rings is 1. The van der Waals surface area contributed by atoms with Gasteiger partial charge in [0, 0.05) is 13.2 Å². The Morgan fingerprint density at radius 3 is 2.60 bits per heavy atom. The Balaban J connectivity index is 2.07. The molecule has 4 nitrogen and oxygen atoms in total. The van der Waals surface area contributed by atoms with Crippen molar-refractivity contribution in [2.24, 2.45) is 5.92 Å². The van der Waals surface area contributed by atoms with Crippen LogP contribution in [0.1, 0.15) is 26.2 Å². The van der Waals surface area contributed by atoms with Gasteiger partial charge in [-0.25, -0.2) is 0 Å². The molecule has 0 spiro atoms. The molecule has 4 heteroatoms. The van der Waals surface area contributed by atoms with Crippen LogP contribution in [-0.4, -0.2) is 48.8 Å². The lowest BCUT2D eigenvalue weighted by molar-refractivity contribution is -0.143. The molecular weight excluding hydrogens is 194 g/mol. The second kappa shape index (κ2) is 6.80. The minimum Gasteiger partial charge on any atom is -0.481 e. The van der Waals surface area contributed by atoms with Gasteiger partial charge in [-0.1, -0.05) is 6.92 Å². The largest absolute Gasteiger partial charge is 0.481 e. The van der Waals surface area contributed by atoms with Crippen LogP contribution in [-0.2, 0) is 9.53 Å². The Morgan fingerprint density at radius 2 is 2.07 bits per heavy atom. The number of hydrogen-bond donors (Lipinski definition) is 1. The van der Waals surface area contributed by atoms with E-state index in [1.165, 1.54) is 0 Å². The van der Waals surface area contributed by atoms with Crippen molar-refractivity contribution < 1.29 is 14.6 Å². The molecule has 0 aromatic rings. The maximum Gasteiger partial charge on any atom is 0.306 e. The first-order valence-corrected chi connectivity index (χ1v) is 5.77. The van der Waals surface area contributed by atoms with Crippen LogP contribution in [0.25, 0.3) is 0 Å². The van der Waals surface area contributed by atoms with Crippen LogP contribution in [0.15, 0.2) is 0 Å². The predicted molar refractivity (Wildman–Crippen MR) is 57.9 cm³/mol. The summed E-state index contributed by atoms with van der Waals surface area (Å²) in [5.74, 6) is -0.769. The SMILES string of the molecule is CCCOCCN1CCC(C(=O)O)CC1. The van der Waals surface area contributed by atoms with Gasteiger partial charge in [0.1, 0.15) is 0 Å². The number of ether oxygens (including phenoxy) is 1. The van der Waals surface area contributed by atoms with Crippen LogP contribution in [0.3, 0.4) is 0 Å². The van der Waals surface area contributed by atoms with Crippen LogP contribution in [0.5, 0.6) is 0 Å². The number of carbonyl (C=O) groups is 1. The Labute approximate surface area is 91.2 Å². The molecule has 0 atom stereocenters.